The van der Waals surface area contributed by atoms with Gasteiger partial charge < -0.3 is 9.47 Å². The first-order chi connectivity index (χ1) is 9.90. The van der Waals surface area contributed by atoms with Crippen LogP contribution in [-0.4, -0.2) is 28.0 Å². The van der Waals surface area contributed by atoms with Crippen molar-refractivity contribution in [2.24, 2.45) is 18.9 Å². The lowest BCUT2D eigenvalue weighted by Gasteiger charge is -2.33. The van der Waals surface area contributed by atoms with Crippen LogP contribution in [0.15, 0.2) is 23.1 Å². The number of aryl methyl sites for hydroxylation is 1. The van der Waals surface area contributed by atoms with Crippen LogP contribution in [0.5, 0.6) is 0 Å². The Morgan fingerprint density at radius 2 is 2.00 bits per heavy atom. The maximum absolute atomic E-state index is 12.8. The van der Waals surface area contributed by atoms with Gasteiger partial charge in [0.05, 0.1) is 0 Å². The molecular weight excluding hydrogens is 264 g/mol. The van der Waals surface area contributed by atoms with Gasteiger partial charge in [0, 0.05) is 37.5 Å². The van der Waals surface area contributed by atoms with Crippen LogP contribution in [0.3, 0.4) is 0 Å². The molecule has 4 nitrogen and oxygen atoms in total. The smallest absolute Gasteiger partial charge is 0.254 e. The summed E-state index contributed by atoms with van der Waals surface area (Å²) in [7, 11) is 1.70. The second-order valence-corrected chi connectivity index (χ2v) is 6.65. The third-order valence-corrected chi connectivity index (χ3v) is 4.60. The monoisotopic (exact) mass is 290 g/mol. The van der Waals surface area contributed by atoms with Gasteiger partial charge in [0.2, 0.25) is 0 Å². The first-order valence-electron chi connectivity index (χ1n) is 7.87. The molecule has 2 heterocycles. The van der Waals surface area contributed by atoms with E-state index in [4.69, 9.17) is 0 Å². The number of hydrogen-bond donors (Lipinski definition) is 0. The van der Waals surface area contributed by atoms with Crippen molar-refractivity contribution in [1.29, 1.82) is 0 Å². The van der Waals surface area contributed by atoms with E-state index in [1.807, 2.05) is 4.90 Å². The van der Waals surface area contributed by atoms with Crippen LogP contribution < -0.4 is 5.56 Å². The van der Waals surface area contributed by atoms with E-state index in [1.165, 1.54) is 17.1 Å². The maximum atomic E-state index is 12.8. The normalized spacial score (nSPS) is 23.2. The van der Waals surface area contributed by atoms with Crippen molar-refractivity contribution < 1.29 is 4.79 Å². The highest BCUT2D eigenvalue weighted by Gasteiger charge is 2.30. The van der Waals surface area contributed by atoms with Crippen molar-refractivity contribution in [1.82, 2.24) is 9.47 Å². The van der Waals surface area contributed by atoms with Crippen molar-refractivity contribution in [3.63, 3.8) is 0 Å². The highest BCUT2D eigenvalue weighted by atomic mass is 16.2. The molecule has 2 atom stereocenters. The molecule has 0 aromatic carbocycles. The minimum absolute atomic E-state index is 0.000463. The van der Waals surface area contributed by atoms with E-state index in [0.29, 0.717) is 17.4 Å². The van der Waals surface area contributed by atoms with Crippen LogP contribution >= 0.6 is 0 Å². The zero-order valence-corrected chi connectivity index (χ0v) is 13.5. The van der Waals surface area contributed by atoms with Crippen LogP contribution in [0.25, 0.3) is 0 Å². The molecule has 1 saturated heterocycles. The fourth-order valence-corrected chi connectivity index (χ4v) is 3.07. The Hall–Kier alpha value is -1.58. The van der Waals surface area contributed by atoms with E-state index in [9.17, 15) is 9.59 Å². The van der Waals surface area contributed by atoms with Gasteiger partial charge >= 0.3 is 0 Å². The van der Waals surface area contributed by atoms with E-state index < -0.39 is 0 Å². The summed E-state index contributed by atoms with van der Waals surface area (Å²) in [6.45, 7) is 7.39. The number of amides is 1. The summed E-state index contributed by atoms with van der Waals surface area (Å²) >= 11 is 0. The number of rotatable bonds is 2. The number of likely N-dealkylation sites (tertiary alicyclic amines) is 1. The van der Waals surface area contributed by atoms with Crippen LogP contribution in [0.1, 0.15) is 50.4 Å². The Labute approximate surface area is 126 Å². The Kier molecular flexibility index (Phi) is 4.86. The Morgan fingerprint density at radius 1 is 1.29 bits per heavy atom. The molecule has 1 aromatic heterocycles. The number of pyridine rings is 1. The molecule has 1 aliphatic heterocycles. The molecule has 0 spiro atoms. The number of carbonyl (C=O) groups is 1. The molecule has 1 aromatic rings. The van der Waals surface area contributed by atoms with Crippen molar-refractivity contribution in [2.75, 3.05) is 6.54 Å². The second kappa shape index (κ2) is 6.46. The van der Waals surface area contributed by atoms with E-state index >= 15 is 0 Å². The first kappa shape index (κ1) is 15.8. The molecule has 1 aliphatic rings. The molecular formula is C17H26N2O2. The van der Waals surface area contributed by atoms with Crippen molar-refractivity contribution in [3.8, 4) is 0 Å². The van der Waals surface area contributed by atoms with E-state index in [2.05, 4.69) is 20.8 Å². The Morgan fingerprint density at radius 3 is 2.62 bits per heavy atom. The lowest BCUT2D eigenvalue weighted by atomic mass is 9.95. The topological polar surface area (TPSA) is 42.3 Å². The van der Waals surface area contributed by atoms with Crippen molar-refractivity contribution in [3.05, 3.63) is 34.2 Å². The number of hydrogen-bond acceptors (Lipinski definition) is 2. The molecule has 0 unspecified atom stereocenters. The first-order valence-corrected chi connectivity index (χ1v) is 7.87. The molecule has 1 fully saturated rings. The third kappa shape index (κ3) is 3.55. The lowest BCUT2D eigenvalue weighted by molar-refractivity contribution is 0.0631. The van der Waals surface area contributed by atoms with Gasteiger partial charge in [-0.05, 0) is 37.2 Å². The molecule has 0 N–H and O–H groups in total. The molecule has 4 heteroatoms. The fraction of sp³-hybridized carbons (Fsp3) is 0.647. The highest BCUT2D eigenvalue weighted by molar-refractivity contribution is 5.94. The van der Waals surface area contributed by atoms with Gasteiger partial charge in [0.1, 0.15) is 0 Å². The second-order valence-electron chi connectivity index (χ2n) is 6.65. The van der Waals surface area contributed by atoms with E-state index in [-0.39, 0.29) is 17.5 Å². The van der Waals surface area contributed by atoms with E-state index in [1.54, 1.807) is 19.3 Å². The molecule has 116 valence electrons. The largest absolute Gasteiger partial charge is 0.335 e. The van der Waals surface area contributed by atoms with E-state index in [0.717, 1.165) is 19.4 Å². The van der Waals surface area contributed by atoms with Gasteiger partial charge in [0.15, 0.2) is 0 Å². The van der Waals surface area contributed by atoms with Gasteiger partial charge in [-0.25, -0.2) is 0 Å². The lowest BCUT2D eigenvalue weighted by Crippen LogP contribution is -2.43. The minimum Gasteiger partial charge on any atom is -0.335 e. The van der Waals surface area contributed by atoms with Gasteiger partial charge in [-0.3, -0.25) is 9.59 Å². The fourth-order valence-electron chi connectivity index (χ4n) is 3.07. The summed E-state index contributed by atoms with van der Waals surface area (Å²) < 4.78 is 1.49. The molecule has 0 bridgehead atoms. The average Bonchev–Trinajstić information content (AvgIpc) is 2.63. The zero-order valence-electron chi connectivity index (χ0n) is 13.5. The quantitative estimate of drug-likeness (QED) is 0.840. The summed E-state index contributed by atoms with van der Waals surface area (Å²) in [6.07, 6.45) is 4.93. The summed E-state index contributed by atoms with van der Waals surface area (Å²) in [4.78, 5) is 26.6. The summed E-state index contributed by atoms with van der Waals surface area (Å²) in [5.74, 6) is 1.10. The summed E-state index contributed by atoms with van der Waals surface area (Å²) in [5.41, 5.74) is 0.378. The van der Waals surface area contributed by atoms with Crippen LogP contribution in [0.4, 0.5) is 0 Å². The van der Waals surface area contributed by atoms with Crippen molar-refractivity contribution in [2.45, 2.75) is 46.1 Å². The predicted octanol–water partition coefficient (Wildman–Crippen LogP) is 2.67. The van der Waals surface area contributed by atoms with Gasteiger partial charge in [-0.2, -0.15) is 0 Å². The summed E-state index contributed by atoms with van der Waals surface area (Å²) in [5, 5.41) is 0. The third-order valence-electron chi connectivity index (χ3n) is 4.60. The van der Waals surface area contributed by atoms with Crippen LogP contribution in [0.2, 0.25) is 0 Å². The molecule has 0 saturated carbocycles. The molecule has 0 radical (unpaired) electrons. The number of carbonyl (C=O) groups excluding carboxylic acids is 1. The molecule has 21 heavy (non-hydrogen) atoms. The molecule has 2 rings (SSSR count). The number of aromatic nitrogens is 1. The minimum atomic E-state index is -0.134. The molecule has 1 amide bonds. The highest BCUT2D eigenvalue weighted by Crippen LogP contribution is 2.27. The van der Waals surface area contributed by atoms with Crippen LogP contribution in [-0.2, 0) is 7.05 Å². The standard InChI is InChI=1S/C17H26N2O2/c1-12(2)15-6-5-13(3)7-10-19(15)17(21)14-8-9-18(4)16(20)11-14/h8-9,11-13,15H,5-7,10H2,1-4H3/t13-,15-/m1/s1. The zero-order chi connectivity index (χ0) is 15.6. The predicted molar refractivity (Wildman–Crippen MR) is 84.4 cm³/mol. The average molecular weight is 290 g/mol. The van der Waals surface area contributed by atoms with Crippen molar-refractivity contribution >= 4 is 5.91 Å². The number of nitrogens with zero attached hydrogens (tertiary/aromatic N) is 2. The summed E-state index contributed by atoms with van der Waals surface area (Å²) in [6, 6.07) is 3.47. The molecule has 0 aliphatic carbocycles. The van der Waals surface area contributed by atoms with Gasteiger partial charge in [-0.15, -0.1) is 0 Å². The van der Waals surface area contributed by atoms with Crippen LogP contribution in [0, 0.1) is 11.8 Å². The SMILES string of the molecule is CC(C)[C@H]1CC[C@@H](C)CCN1C(=O)c1ccn(C)c(=O)c1. The Balaban J connectivity index is 2.29. The van der Waals surface area contributed by atoms with Gasteiger partial charge in [-0.1, -0.05) is 20.8 Å². The maximum Gasteiger partial charge on any atom is 0.254 e. The van der Waals surface area contributed by atoms with Gasteiger partial charge in [0.25, 0.3) is 11.5 Å². The Bertz CT molecular complexity index is 562.